The highest BCUT2D eigenvalue weighted by molar-refractivity contribution is 4.91. The summed E-state index contributed by atoms with van der Waals surface area (Å²) >= 11 is 0. The largest absolute Gasteiger partial charge is 0.392 e. The lowest BCUT2D eigenvalue weighted by Crippen LogP contribution is -2.38. The molecule has 0 radical (unpaired) electrons. The van der Waals surface area contributed by atoms with Gasteiger partial charge >= 0.3 is 0 Å². The topological polar surface area (TPSA) is 63.0 Å². The van der Waals surface area contributed by atoms with E-state index in [4.69, 9.17) is 0 Å². The van der Waals surface area contributed by atoms with Crippen LogP contribution in [-0.4, -0.2) is 39.1 Å². The number of hydrogen-bond acceptors (Lipinski definition) is 4. The molecule has 0 aliphatic carbocycles. The summed E-state index contributed by atoms with van der Waals surface area (Å²) in [4.78, 5) is 4.24. The van der Waals surface area contributed by atoms with Crippen LogP contribution in [0.25, 0.3) is 0 Å². The summed E-state index contributed by atoms with van der Waals surface area (Å²) in [5.41, 5.74) is 0. The fourth-order valence-electron chi connectivity index (χ4n) is 2.41. The highest BCUT2D eigenvalue weighted by Gasteiger charge is 2.23. The van der Waals surface area contributed by atoms with Crippen LogP contribution in [0.3, 0.4) is 0 Å². The Bertz CT molecular complexity index is 344. The molecule has 2 unspecified atom stereocenters. The number of aliphatic hydroxyl groups excluding tert-OH is 1. The van der Waals surface area contributed by atoms with Crippen molar-refractivity contribution in [2.45, 2.75) is 45.3 Å². The van der Waals surface area contributed by atoms with Crippen molar-refractivity contribution in [3.8, 4) is 0 Å². The monoisotopic (exact) mass is 238 g/mol. The first-order valence-corrected chi connectivity index (χ1v) is 6.45. The van der Waals surface area contributed by atoms with Crippen molar-refractivity contribution >= 4 is 0 Å². The first-order valence-electron chi connectivity index (χ1n) is 6.45. The van der Waals surface area contributed by atoms with E-state index in [0.717, 1.165) is 31.8 Å². The Morgan fingerprint density at radius 3 is 3.06 bits per heavy atom. The van der Waals surface area contributed by atoms with Crippen molar-refractivity contribution in [3.05, 3.63) is 12.2 Å². The Labute approximate surface area is 102 Å². The zero-order chi connectivity index (χ0) is 12.3. The van der Waals surface area contributed by atoms with E-state index in [9.17, 15) is 5.11 Å². The molecule has 1 aliphatic heterocycles. The smallest absolute Gasteiger partial charge is 0.138 e. The standard InChI is InChI=1S/C12H22N4O/c1-9(2)16-12(14-8-15-16)6-11(17)10-4-3-5-13-7-10/h8-11,13,17H,3-7H2,1-2H3. The van der Waals surface area contributed by atoms with E-state index in [1.54, 1.807) is 6.33 Å². The Hall–Kier alpha value is -0.940. The third-order valence-electron chi connectivity index (χ3n) is 3.41. The predicted octanol–water partition coefficient (Wildman–Crippen LogP) is 0.762. The first kappa shape index (κ1) is 12.5. The van der Waals surface area contributed by atoms with Crippen molar-refractivity contribution in [1.29, 1.82) is 0 Å². The van der Waals surface area contributed by atoms with Gasteiger partial charge in [-0.1, -0.05) is 0 Å². The van der Waals surface area contributed by atoms with Crippen LogP contribution in [0.4, 0.5) is 0 Å². The van der Waals surface area contributed by atoms with Crippen molar-refractivity contribution < 1.29 is 5.11 Å². The van der Waals surface area contributed by atoms with E-state index in [0.29, 0.717) is 18.4 Å². The Morgan fingerprint density at radius 1 is 1.59 bits per heavy atom. The second-order valence-electron chi connectivity index (χ2n) is 5.09. The SMILES string of the molecule is CC(C)n1ncnc1CC(O)C1CCCNC1. The molecule has 2 atom stereocenters. The number of nitrogens with zero attached hydrogens (tertiary/aromatic N) is 3. The van der Waals surface area contributed by atoms with E-state index in [1.807, 2.05) is 4.68 Å². The second-order valence-corrected chi connectivity index (χ2v) is 5.09. The molecule has 17 heavy (non-hydrogen) atoms. The lowest BCUT2D eigenvalue weighted by Gasteiger charge is -2.27. The van der Waals surface area contributed by atoms with Gasteiger partial charge in [0.1, 0.15) is 12.2 Å². The van der Waals surface area contributed by atoms with Gasteiger partial charge in [0.2, 0.25) is 0 Å². The van der Waals surface area contributed by atoms with Gasteiger partial charge in [-0.15, -0.1) is 0 Å². The van der Waals surface area contributed by atoms with Gasteiger partial charge in [-0.05, 0) is 39.2 Å². The molecular weight excluding hydrogens is 216 g/mol. The zero-order valence-electron chi connectivity index (χ0n) is 10.6. The molecule has 1 aromatic rings. The van der Waals surface area contributed by atoms with Crippen LogP contribution in [0, 0.1) is 5.92 Å². The summed E-state index contributed by atoms with van der Waals surface area (Å²) in [5, 5.41) is 17.8. The molecule has 0 saturated carbocycles. The molecule has 2 N–H and O–H groups in total. The van der Waals surface area contributed by atoms with Crippen molar-refractivity contribution in [3.63, 3.8) is 0 Å². The second kappa shape index (κ2) is 5.60. The minimum absolute atomic E-state index is 0.296. The molecular formula is C12H22N4O. The van der Waals surface area contributed by atoms with Gasteiger partial charge in [0.25, 0.3) is 0 Å². The Morgan fingerprint density at radius 2 is 2.41 bits per heavy atom. The van der Waals surface area contributed by atoms with Crippen LogP contribution < -0.4 is 5.32 Å². The number of nitrogens with one attached hydrogen (secondary N) is 1. The van der Waals surface area contributed by atoms with Crippen LogP contribution in [0.2, 0.25) is 0 Å². The molecule has 1 aromatic heterocycles. The first-order chi connectivity index (χ1) is 8.18. The molecule has 1 saturated heterocycles. The molecule has 5 nitrogen and oxygen atoms in total. The summed E-state index contributed by atoms with van der Waals surface area (Å²) in [5.74, 6) is 1.24. The lowest BCUT2D eigenvalue weighted by molar-refractivity contribution is 0.0890. The molecule has 0 aromatic carbocycles. The molecule has 5 heteroatoms. The molecule has 0 spiro atoms. The van der Waals surface area contributed by atoms with E-state index in [2.05, 4.69) is 29.2 Å². The fraction of sp³-hybridized carbons (Fsp3) is 0.833. The van der Waals surface area contributed by atoms with E-state index < -0.39 is 0 Å². The number of hydrogen-bond donors (Lipinski definition) is 2. The van der Waals surface area contributed by atoms with Crippen LogP contribution in [-0.2, 0) is 6.42 Å². The zero-order valence-corrected chi connectivity index (χ0v) is 10.6. The van der Waals surface area contributed by atoms with Crippen LogP contribution >= 0.6 is 0 Å². The minimum Gasteiger partial charge on any atom is -0.392 e. The van der Waals surface area contributed by atoms with Gasteiger partial charge in [0.05, 0.1) is 6.10 Å². The average Bonchev–Trinajstić information content (AvgIpc) is 2.78. The maximum atomic E-state index is 10.2. The summed E-state index contributed by atoms with van der Waals surface area (Å²) in [6.45, 7) is 6.14. The molecule has 1 fully saturated rings. The Balaban J connectivity index is 1.97. The molecule has 2 heterocycles. The lowest BCUT2D eigenvalue weighted by atomic mass is 9.92. The number of piperidine rings is 1. The molecule has 96 valence electrons. The van der Waals surface area contributed by atoms with Gasteiger partial charge < -0.3 is 10.4 Å². The predicted molar refractivity (Wildman–Crippen MR) is 65.7 cm³/mol. The van der Waals surface area contributed by atoms with Crippen LogP contribution in [0.5, 0.6) is 0 Å². The van der Waals surface area contributed by atoms with Gasteiger partial charge in [-0.25, -0.2) is 9.67 Å². The highest BCUT2D eigenvalue weighted by Crippen LogP contribution is 2.18. The highest BCUT2D eigenvalue weighted by atomic mass is 16.3. The van der Waals surface area contributed by atoms with Crippen molar-refractivity contribution in [1.82, 2.24) is 20.1 Å². The fourth-order valence-corrected chi connectivity index (χ4v) is 2.41. The van der Waals surface area contributed by atoms with E-state index in [1.165, 1.54) is 0 Å². The molecule has 1 aliphatic rings. The van der Waals surface area contributed by atoms with E-state index >= 15 is 0 Å². The summed E-state index contributed by atoms with van der Waals surface area (Å²) in [7, 11) is 0. The normalized spacial score (nSPS) is 22.9. The Kier molecular flexibility index (Phi) is 4.12. The summed E-state index contributed by atoms with van der Waals surface area (Å²) in [6.07, 6.45) is 4.11. The molecule has 0 amide bonds. The quantitative estimate of drug-likeness (QED) is 0.813. The summed E-state index contributed by atoms with van der Waals surface area (Å²) in [6, 6.07) is 0.296. The maximum Gasteiger partial charge on any atom is 0.138 e. The summed E-state index contributed by atoms with van der Waals surface area (Å²) < 4.78 is 1.89. The molecule has 2 rings (SSSR count). The van der Waals surface area contributed by atoms with Gasteiger partial charge in [0, 0.05) is 19.0 Å². The number of aliphatic hydroxyl groups is 1. The maximum absolute atomic E-state index is 10.2. The minimum atomic E-state index is -0.315. The number of aromatic nitrogens is 3. The average molecular weight is 238 g/mol. The van der Waals surface area contributed by atoms with Gasteiger partial charge in [0.15, 0.2) is 0 Å². The van der Waals surface area contributed by atoms with Crippen LogP contribution in [0.15, 0.2) is 6.33 Å². The third kappa shape index (κ3) is 3.04. The van der Waals surface area contributed by atoms with Crippen LogP contribution in [0.1, 0.15) is 38.6 Å². The van der Waals surface area contributed by atoms with E-state index in [-0.39, 0.29) is 6.10 Å². The van der Waals surface area contributed by atoms with Gasteiger partial charge in [-0.3, -0.25) is 0 Å². The third-order valence-corrected chi connectivity index (χ3v) is 3.41. The van der Waals surface area contributed by atoms with Crippen molar-refractivity contribution in [2.75, 3.05) is 13.1 Å². The van der Waals surface area contributed by atoms with Crippen molar-refractivity contribution in [2.24, 2.45) is 5.92 Å². The molecule has 0 bridgehead atoms. The number of rotatable bonds is 4. The van der Waals surface area contributed by atoms with Gasteiger partial charge in [-0.2, -0.15) is 5.10 Å².